The highest BCUT2D eigenvalue weighted by Crippen LogP contribution is 2.18. The van der Waals surface area contributed by atoms with Crippen LogP contribution in [0.2, 0.25) is 0 Å². The third kappa shape index (κ3) is 6.17. The molecule has 1 saturated heterocycles. The maximum Gasteiger partial charge on any atom is 0.317 e. The number of aliphatic hydroxyl groups excluding tert-OH is 1. The molecule has 1 aliphatic heterocycles. The van der Waals surface area contributed by atoms with Crippen molar-refractivity contribution in [2.75, 3.05) is 31.2 Å². The molecule has 0 aromatic heterocycles. The topological polar surface area (TPSA) is 104 Å². The normalized spacial score (nSPS) is 23.4. The van der Waals surface area contributed by atoms with Crippen molar-refractivity contribution in [1.82, 2.24) is 4.90 Å². The van der Waals surface area contributed by atoms with Gasteiger partial charge in [0.05, 0.1) is 36.9 Å². The number of carboxylic acids is 1. The first-order chi connectivity index (χ1) is 9.19. The van der Waals surface area contributed by atoms with E-state index in [0.717, 1.165) is 0 Å². The Morgan fingerprint density at radius 2 is 2.10 bits per heavy atom. The van der Waals surface area contributed by atoms with Crippen LogP contribution >= 0.6 is 0 Å². The predicted octanol–water partition coefficient (Wildman–Crippen LogP) is -0.654. The first-order valence-electron chi connectivity index (χ1n) is 6.65. The fourth-order valence-corrected chi connectivity index (χ4v) is 3.97. The first kappa shape index (κ1) is 17.4. The number of carbonyl (C=O) groups is 1. The van der Waals surface area contributed by atoms with Gasteiger partial charge in [-0.1, -0.05) is 0 Å². The van der Waals surface area contributed by atoms with Gasteiger partial charge in [-0.05, 0) is 20.3 Å². The Morgan fingerprint density at radius 3 is 2.55 bits per heavy atom. The van der Waals surface area contributed by atoms with Gasteiger partial charge in [-0.3, -0.25) is 9.69 Å². The van der Waals surface area contributed by atoms with Crippen molar-refractivity contribution in [2.24, 2.45) is 0 Å². The Balaban J connectivity index is 2.58. The van der Waals surface area contributed by atoms with Gasteiger partial charge in [-0.25, -0.2) is 8.42 Å². The Morgan fingerprint density at radius 1 is 1.45 bits per heavy atom. The lowest BCUT2D eigenvalue weighted by Crippen LogP contribution is -2.45. The molecule has 1 aliphatic rings. The van der Waals surface area contributed by atoms with Gasteiger partial charge in [0.25, 0.3) is 0 Å². The number of sulfone groups is 1. The van der Waals surface area contributed by atoms with Crippen molar-refractivity contribution < 1.29 is 28.2 Å². The number of nitrogens with zero attached hydrogens (tertiary/aromatic N) is 1. The van der Waals surface area contributed by atoms with Crippen molar-refractivity contribution in [2.45, 2.75) is 38.5 Å². The van der Waals surface area contributed by atoms with Crippen molar-refractivity contribution in [3.05, 3.63) is 0 Å². The Labute approximate surface area is 119 Å². The molecule has 2 unspecified atom stereocenters. The summed E-state index contributed by atoms with van der Waals surface area (Å²) in [5.41, 5.74) is 0. The number of ether oxygens (including phenoxy) is 1. The fraction of sp³-hybridized carbons (Fsp3) is 0.917. The quantitative estimate of drug-likeness (QED) is 0.613. The molecule has 1 fully saturated rings. The van der Waals surface area contributed by atoms with Gasteiger partial charge in [0.15, 0.2) is 9.84 Å². The number of hydrogen-bond acceptors (Lipinski definition) is 6. The Bertz CT molecular complexity index is 422. The van der Waals surface area contributed by atoms with Gasteiger partial charge in [0, 0.05) is 12.6 Å². The highest BCUT2D eigenvalue weighted by molar-refractivity contribution is 7.91. The summed E-state index contributed by atoms with van der Waals surface area (Å²) in [4.78, 5) is 12.4. The third-order valence-corrected chi connectivity index (χ3v) is 4.88. The minimum atomic E-state index is -3.09. The second-order valence-corrected chi connectivity index (χ2v) is 7.64. The lowest BCUT2D eigenvalue weighted by Gasteiger charge is -2.28. The molecule has 0 radical (unpaired) electrons. The van der Waals surface area contributed by atoms with Crippen LogP contribution in [0.4, 0.5) is 0 Å². The van der Waals surface area contributed by atoms with Gasteiger partial charge >= 0.3 is 5.97 Å². The minimum Gasteiger partial charge on any atom is -0.480 e. The van der Waals surface area contributed by atoms with Crippen LogP contribution in [-0.4, -0.2) is 79.0 Å². The zero-order valence-electron chi connectivity index (χ0n) is 11.9. The van der Waals surface area contributed by atoms with Crippen LogP contribution in [0.25, 0.3) is 0 Å². The molecule has 0 spiro atoms. The minimum absolute atomic E-state index is 0.0237. The SMILES string of the molecule is CC(C)OCC(O)CN(CC(=O)O)C1CCS(=O)(=O)C1. The van der Waals surface area contributed by atoms with Crippen LogP contribution in [-0.2, 0) is 19.4 Å². The highest BCUT2D eigenvalue weighted by Gasteiger charge is 2.33. The van der Waals surface area contributed by atoms with Crippen molar-refractivity contribution in [3.63, 3.8) is 0 Å². The number of carboxylic acid groups (broad SMARTS) is 1. The molecule has 0 aromatic rings. The zero-order chi connectivity index (χ0) is 15.3. The van der Waals surface area contributed by atoms with Gasteiger partial charge < -0.3 is 14.9 Å². The molecule has 7 nitrogen and oxygen atoms in total. The first-order valence-corrected chi connectivity index (χ1v) is 8.47. The second-order valence-electron chi connectivity index (χ2n) is 5.42. The molecule has 0 bridgehead atoms. The summed E-state index contributed by atoms with van der Waals surface area (Å²) in [7, 11) is -3.09. The van der Waals surface area contributed by atoms with Crippen LogP contribution in [0.5, 0.6) is 0 Å². The van der Waals surface area contributed by atoms with E-state index in [1.807, 2.05) is 13.8 Å². The van der Waals surface area contributed by atoms with Gasteiger partial charge in [-0.15, -0.1) is 0 Å². The van der Waals surface area contributed by atoms with E-state index >= 15 is 0 Å². The van der Waals surface area contributed by atoms with E-state index in [-0.39, 0.29) is 43.3 Å². The molecule has 1 rings (SSSR count). The van der Waals surface area contributed by atoms with Crippen LogP contribution < -0.4 is 0 Å². The highest BCUT2D eigenvalue weighted by atomic mass is 32.2. The molecular formula is C12H23NO6S. The van der Waals surface area contributed by atoms with Crippen molar-refractivity contribution in [3.8, 4) is 0 Å². The maximum atomic E-state index is 11.5. The average molecular weight is 309 g/mol. The van der Waals surface area contributed by atoms with E-state index in [4.69, 9.17) is 9.84 Å². The summed E-state index contributed by atoms with van der Waals surface area (Å²) in [6.07, 6.45) is -0.447. The summed E-state index contributed by atoms with van der Waals surface area (Å²) in [6.45, 7) is 3.60. The van der Waals surface area contributed by atoms with E-state index in [9.17, 15) is 18.3 Å². The summed E-state index contributed by atoms with van der Waals surface area (Å²) in [5.74, 6) is -1.00. The number of aliphatic hydroxyl groups is 1. The average Bonchev–Trinajstić information content (AvgIpc) is 2.65. The molecule has 0 amide bonds. The molecule has 1 heterocycles. The lowest BCUT2D eigenvalue weighted by molar-refractivity contribution is -0.139. The van der Waals surface area contributed by atoms with Crippen LogP contribution in [0.15, 0.2) is 0 Å². The maximum absolute atomic E-state index is 11.5. The zero-order valence-corrected chi connectivity index (χ0v) is 12.7. The van der Waals surface area contributed by atoms with Gasteiger partial charge in [0.2, 0.25) is 0 Å². The molecule has 8 heteroatoms. The molecule has 0 saturated carbocycles. The standard InChI is InChI=1S/C12H23NO6S/c1-9(2)19-7-11(14)5-13(6-12(15)16)10-3-4-20(17,18)8-10/h9-11,14H,3-8H2,1-2H3,(H,15,16). The second kappa shape index (κ2) is 7.35. The lowest BCUT2D eigenvalue weighted by atomic mass is 10.2. The van der Waals surface area contributed by atoms with Gasteiger partial charge in [-0.2, -0.15) is 0 Å². The molecule has 0 aromatic carbocycles. The molecule has 20 heavy (non-hydrogen) atoms. The van der Waals surface area contributed by atoms with E-state index in [2.05, 4.69) is 0 Å². The Kier molecular flexibility index (Phi) is 6.38. The van der Waals surface area contributed by atoms with Crippen molar-refractivity contribution >= 4 is 15.8 Å². The molecule has 0 aliphatic carbocycles. The number of rotatable bonds is 8. The molecule has 2 N–H and O–H groups in total. The molecule has 2 atom stereocenters. The third-order valence-electron chi connectivity index (χ3n) is 3.13. The fourth-order valence-electron chi connectivity index (χ4n) is 2.21. The van der Waals surface area contributed by atoms with Crippen LogP contribution in [0.1, 0.15) is 20.3 Å². The summed E-state index contributed by atoms with van der Waals surface area (Å²) < 4.78 is 28.2. The molecular weight excluding hydrogens is 286 g/mol. The summed E-state index contributed by atoms with van der Waals surface area (Å²) in [6, 6.07) is -0.343. The summed E-state index contributed by atoms with van der Waals surface area (Å²) in [5, 5.41) is 18.8. The van der Waals surface area contributed by atoms with Crippen LogP contribution in [0.3, 0.4) is 0 Å². The number of hydrogen-bond donors (Lipinski definition) is 2. The van der Waals surface area contributed by atoms with E-state index in [0.29, 0.717) is 6.42 Å². The van der Waals surface area contributed by atoms with E-state index in [1.165, 1.54) is 4.90 Å². The largest absolute Gasteiger partial charge is 0.480 e. The summed E-state index contributed by atoms with van der Waals surface area (Å²) >= 11 is 0. The Hall–Kier alpha value is -0.700. The van der Waals surface area contributed by atoms with Gasteiger partial charge in [0.1, 0.15) is 0 Å². The predicted molar refractivity (Wildman–Crippen MR) is 73.4 cm³/mol. The van der Waals surface area contributed by atoms with E-state index < -0.39 is 21.9 Å². The van der Waals surface area contributed by atoms with E-state index in [1.54, 1.807) is 0 Å². The van der Waals surface area contributed by atoms with Crippen LogP contribution in [0, 0.1) is 0 Å². The smallest absolute Gasteiger partial charge is 0.317 e. The van der Waals surface area contributed by atoms with Crippen molar-refractivity contribution in [1.29, 1.82) is 0 Å². The monoisotopic (exact) mass is 309 g/mol. The molecule has 118 valence electrons. The number of aliphatic carboxylic acids is 1.